The highest BCUT2D eigenvalue weighted by atomic mass is 32.2. The number of aliphatic hydroxyl groups excluding tert-OH is 2. The van der Waals surface area contributed by atoms with Crippen molar-refractivity contribution >= 4 is 17.7 Å². The monoisotopic (exact) mass is 193 g/mol. The van der Waals surface area contributed by atoms with E-state index < -0.39 is 0 Å². The summed E-state index contributed by atoms with van der Waals surface area (Å²) in [5, 5.41) is 19.6. The average Bonchev–Trinajstić information content (AvgIpc) is 2.10. The van der Waals surface area contributed by atoms with Crippen LogP contribution in [0.2, 0.25) is 0 Å². The number of thioether (sulfide) groups is 1. The van der Waals surface area contributed by atoms with E-state index in [1.165, 1.54) is 11.8 Å². The predicted octanol–water partition coefficient (Wildman–Crippen LogP) is -0.791. The second kappa shape index (κ2) is 7.39. The number of carbonyl (C=O) groups excluding carboxylic acids is 1. The number of amides is 1. The lowest BCUT2D eigenvalue weighted by atomic mass is 10.5. The summed E-state index contributed by atoms with van der Waals surface area (Å²) in [6.07, 6.45) is 0. The van der Waals surface area contributed by atoms with Gasteiger partial charge in [-0.15, -0.1) is 11.8 Å². The molecule has 1 amide bonds. The molecule has 0 aromatic heterocycles. The van der Waals surface area contributed by atoms with Crippen molar-refractivity contribution in [1.29, 1.82) is 0 Å². The summed E-state index contributed by atoms with van der Waals surface area (Å²) < 4.78 is 0. The minimum atomic E-state index is -0.102. The Morgan fingerprint density at radius 2 is 2.25 bits per heavy atom. The van der Waals surface area contributed by atoms with Gasteiger partial charge in [-0.1, -0.05) is 6.92 Å². The first-order valence-electron chi connectivity index (χ1n) is 3.80. The molecule has 0 spiro atoms. The van der Waals surface area contributed by atoms with Crippen molar-refractivity contribution in [1.82, 2.24) is 5.32 Å². The maximum Gasteiger partial charge on any atom is 0.230 e. The molecule has 0 radical (unpaired) electrons. The normalized spacial score (nSPS) is 12.6. The van der Waals surface area contributed by atoms with E-state index in [4.69, 9.17) is 10.2 Å². The summed E-state index contributed by atoms with van der Waals surface area (Å²) in [7, 11) is 0. The average molecular weight is 193 g/mol. The second-order valence-electron chi connectivity index (χ2n) is 2.38. The van der Waals surface area contributed by atoms with Gasteiger partial charge >= 0.3 is 0 Å². The summed E-state index contributed by atoms with van der Waals surface area (Å²) in [6.45, 7) is 2.20. The number of carbonyl (C=O) groups is 1. The zero-order chi connectivity index (χ0) is 9.40. The van der Waals surface area contributed by atoms with E-state index >= 15 is 0 Å². The molecular weight excluding hydrogens is 178 g/mol. The van der Waals surface area contributed by atoms with Crippen LogP contribution in [0, 0.1) is 0 Å². The fourth-order valence-corrected chi connectivity index (χ4v) is 1.16. The smallest absolute Gasteiger partial charge is 0.230 e. The highest BCUT2D eigenvalue weighted by Crippen LogP contribution is 2.07. The largest absolute Gasteiger partial charge is 0.395 e. The number of aliphatic hydroxyl groups is 2. The van der Waals surface area contributed by atoms with Gasteiger partial charge in [-0.2, -0.15) is 0 Å². The third-order valence-electron chi connectivity index (χ3n) is 1.19. The maximum absolute atomic E-state index is 10.9. The first-order chi connectivity index (χ1) is 5.70. The van der Waals surface area contributed by atoms with Gasteiger partial charge in [0.15, 0.2) is 0 Å². The fourth-order valence-electron chi connectivity index (χ4n) is 0.517. The molecule has 0 aromatic carbocycles. The van der Waals surface area contributed by atoms with Gasteiger partial charge in [0, 0.05) is 11.8 Å². The Hall–Kier alpha value is -0.260. The fraction of sp³-hybridized carbons (Fsp3) is 0.857. The van der Waals surface area contributed by atoms with Crippen molar-refractivity contribution in [3.8, 4) is 0 Å². The Morgan fingerprint density at radius 3 is 2.75 bits per heavy atom. The summed E-state index contributed by atoms with van der Waals surface area (Å²) in [5.74, 6) is 0.233. The predicted molar refractivity (Wildman–Crippen MR) is 49.1 cm³/mol. The summed E-state index contributed by atoms with van der Waals surface area (Å²) in [4.78, 5) is 10.9. The molecule has 0 aromatic rings. The van der Waals surface area contributed by atoms with Crippen LogP contribution in [-0.4, -0.2) is 46.9 Å². The first-order valence-corrected chi connectivity index (χ1v) is 4.85. The van der Waals surface area contributed by atoms with Gasteiger partial charge in [-0.05, 0) is 0 Å². The molecule has 0 aliphatic rings. The Labute approximate surface area is 76.4 Å². The highest BCUT2D eigenvalue weighted by Gasteiger charge is 2.04. The molecule has 3 N–H and O–H groups in total. The van der Waals surface area contributed by atoms with Gasteiger partial charge in [0.2, 0.25) is 5.91 Å². The van der Waals surface area contributed by atoms with Crippen LogP contribution >= 0.6 is 11.8 Å². The molecule has 0 rings (SSSR count). The molecule has 1 atom stereocenters. The van der Waals surface area contributed by atoms with Crippen LogP contribution < -0.4 is 5.32 Å². The first kappa shape index (κ1) is 11.7. The molecule has 1 unspecified atom stereocenters. The lowest BCUT2D eigenvalue weighted by Gasteiger charge is -2.06. The third-order valence-corrected chi connectivity index (χ3v) is 2.34. The third kappa shape index (κ3) is 6.45. The van der Waals surface area contributed by atoms with Crippen LogP contribution in [0.15, 0.2) is 0 Å². The molecule has 0 aliphatic carbocycles. The Kier molecular flexibility index (Phi) is 7.23. The van der Waals surface area contributed by atoms with E-state index in [1.807, 2.05) is 6.92 Å². The van der Waals surface area contributed by atoms with Crippen molar-refractivity contribution in [2.45, 2.75) is 12.2 Å². The number of hydrogen-bond donors (Lipinski definition) is 3. The van der Waals surface area contributed by atoms with Crippen molar-refractivity contribution in [2.24, 2.45) is 0 Å². The van der Waals surface area contributed by atoms with Gasteiger partial charge in [-0.25, -0.2) is 0 Å². The molecule has 0 aliphatic heterocycles. The van der Waals surface area contributed by atoms with Crippen LogP contribution in [0.25, 0.3) is 0 Å². The molecule has 72 valence electrons. The van der Waals surface area contributed by atoms with Gasteiger partial charge in [0.25, 0.3) is 0 Å². The molecule has 0 saturated carbocycles. The quantitative estimate of drug-likeness (QED) is 0.517. The zero-order valence-electron chi connectivity index (χ0n) is 7.12. The van der Waals surface area contributed by atoms with E-state index in [1.54, 1.807) is 0 Å². The molecule has 0 heterocycles. The molecule has 0 saturated heterocycles. The molecule has 5 heteroatoms. The van der Waals surface area contributed by atoms with E-state index in [9.17, 15) is 4.79 Å². The highest BCUT2D eigenvalue weighted by molar-refractivity contribution is 8.00. The van der Waals surface area contributed by atoms with Gasteiger partial charge in [0.05, 0.1) is 19.0 Å². The second-order valence-corrected chi connectivity index (χ2v) is 3.80. The van der Waals surface area contributed by atoms with Crippen molar-refractivity contribution in [3.05, 3.63) is 0 Å². The molecule has 0 bridgehead atoms. The van der Waals surface area contributed by atoms with Crippen molar-refractivity contribution < 1.29 is 15.0 Å². The van der Waals surface area contributed by atoms with Crippen LogP contribution in [0.3, 0.4) is 0 Å². The summed E-state index contributed by atoms with van der Waals surface area (Å²) >= 11 is 1.39. The van der Waals surface area contributed by atoms with Crippen LogP contribution in [-0.2, 0) is 4.79 Å². The van der Waals surface area contributed by atoms with Gasteiger partial charge in [0.1, 0.15) is 0 Å². The minimum absolute atomic E-state index is 0.0358. The van der Waals surface area contributed by atoms with Gasteiger partial charge in [-0.3, -0.25) is 4.79 Å². The van der Waals surface area contributed by atoms with E-state index in [0.717, 1.165) is 0 Å². The Bertz CT molecular complexity index is 132. The van der Waals surface area contributed by atoms with Crippen molar-refractivity contribution in [2.75, 3.05) is 25.5 Å². The topological polar surface area (TPSA) is 69.6 Å². The lowest BCUT2D eigenvalue weighted by molar-refractivity contribution is -0.118. The number of rotatable bonds is 6. The Morgan fingerprint density at radius 1 is 1.58 bits per heavy atom. The minimum Gasteiger partial charge on any atom is -0.395 e. The molecular formula is C7H15NO3S. The van der Waals surface area contributed by atoms with E-state index in [0.29, 0.717) is 12.3 Å². The molecule has 0 fully saturated rings. The lowest BCUT2D eigenvalue weighted by Crippen LogP contribution is -2.28. The van der Waals surface area contributed by atoms with E-state index in [-0.39, 0.29) is 24.4 Å². The summed E-state index contributed by atoms with van der Waals surface area (Å²) in [6, 6.07) is 0. The van der Waals surface area contributed by atoms with Crippen LogP contribution in [0.5, 0.6) is 0 Å². The van der Waals surface area contributed by atoms with Crippen LogP contribution in [0.1, 0.15) is 6.92 Å². The number of nitrogens with one attached hydrogen (secondary N) is 1. The number of hydrogen-bond acceptors (Lipinski definition) is 4. The maximum atomic E-state index is 10.9. The molecule has 4 nitrogen and oxygen atoms in total. The van der Waals surface area contributed by atoms with Crippen molar-refractivity contribution in [3.63, 3.8) is 0 Å². The SMILES string of the molecule is CC(CO)SCC(=O)NCCO. The Balaban J connectivity index is 3.31. The van der Waals surface area contributed by atoms with Gasteiger partial charge < -0.3 is 15.5 Å². The standard InChI is InChI=1S/C7H15NO3S/c1-6(4-10)12-5-7(11)8-2-3-9/h6,9-10H,2-5H2,1H3,(H,8,11). The van der Waals surface area contributed by atoms with E-state index in [2.05, 4.69) is 5.32 Å². The summed E-state index contributed by atoms with van der Waals surface area (Å²) in [5.41, 5.74) is 0. The molecule has 12 heavy (non-hydrogen) atoms. The zero-order valence-corrected chi connectivity index (χ0v) is 7.93. The van der Waals surface area contributed by atoms with Crippen LogP contribution in [0.4, 0.5) is 0 Å².